The van der Waals surface area contributed by atoms with Gasteiger partial charge in [-0.2, -0.15) is 0 Å². The lowest BCUT2D eigenvalue weighted by atomic mass is 10.1. The second-order valence-electron chi connectivity index (χ2n) is 7.73. The number of hydrogen-bond acceptors (Lipinski definition) is 4. The van der Waals surface area contributed by atoms with Crippen molar-refractivity contribution in [3.63, 3.8) is 0 Å². The minimum Gasteiger partial charge on any atom is -0.352 e. The molecule has 2 heterocycles. The molecule has 29 heavy (non-hydrogen) atoms. The second-order valence-corrected chi connectivity index (χ2v) is 7.73. The third kappa shape index (κ3) is 6.29. The molecule has 1 aromatic carbocycles. The number of anilines is 1. The van der Waals surface area contributed by atoms with Gasteiger partial charge in [0.05, 0.1) is 0 Å². The number of nitrogens with zero attached hydrogens (tertiary/aromatic N) is 3. The van der Waals surface area contributed by atoms with Gasteiger partial charge in [-0.05, 0) is 47.9 Å². The van der Waals surface area contributed by atoms with Crippen molar-refractivity contribution in [1.29, 1.82) is 0 Å². The van der Waals surface area contributed by atoms with Crippen molar-refractivity contribution in [3.8, 4) is 0 Å². The van der Waals surface area contributed by atoms with Crippen LogP contribution < -0.4 is 10.6 Å². The fourth-order valence-corrected chi connectivity index (χ4v) is 3.16. The minimum atomic E-state index is -0.106. The Morgan fingerprint density at radius 2 is 1.66 bits per heavy atom. The van der Waals surface area contributed by atoms with Gasteiger partial charge in [0.25, 0.3) is 5.91 Å². The van der Waals surface area contributed by atoms with Crippen molar-refractivity contribution >= 4 is 17.6 Å². The Labute approximate surface area is 172 Å². The van der Waals surface area contributed by atoms with Gasteiger partial charge in [-0.3, -0.25) is 14.7 Å². The summed E-state index contributed by atoms with van der Waals surface area (Å²) in [6.07, 6.45) is 3.61. The lowest BCUT2D eigenvalue weighted by molar-refractivity contribution is 0.0949. The molecule has 0 radical (unpaired) electrons. The Kier molecular flexibility index (Phi) is 7.19. The highest BCUT2D eigenvalue weighted by Crippen LogP contribution is 2.13. The highest BCUT2D eigenvalue weighted by molar-refractivity contribution is 5.95. The smallest absolute Gasteiger partial charge is 0.321 e. The van der Waals surface area contributed by atoms with Crippen molar-refractivity contribution in [2.75, 3.05) is 38.0 Å². The third-order valence-electron chi connectivity index (χ3n) is 4.88. The third-order valence-corrected chi connectivity index (χ3v) is 4.88. The molecule has 0 aliphatic carbocycles. The maximum atomic E-state index is 12.5. The Morgan fingerprint density at radius 1 is 1.00 bits per heavy atom. The number of piperazine rings is 1. The van der Waals surface area contributed by atoms with Gasteiger partial charge in [0.1, 0.15) is 0 Å². The van der Waals surface area contributed by atoms with Crippen LogP contribution in [0.3, 0.4) is 0 Å². The molecule has 3 rings (SSSR count). The van der Waals surface area contributed by atoms with Crippen LogP contribution in [-0.4, -0.2) is 59.4 Å². The van der Waals surface area contributed by atoms with Gasteiger partial charge in [-0.1, -0.05) is 13.8 Å². The molecule has 1 aliphatic rings. The largest absolute Gasteiger partial charge is 0.352 e. The van der Waals surface area contributed by atoms with Gasteiger partial charge in [-0.15, -0.1) is 0 Å². The number of pyridine rings is 1. The Bertz CT molecular complexity index is 800. The van der Waals surface area contributed by atoms with E-state index in [9.17, 15) is 9.59 Å². The lowest BCUT2D eigenvalue weighted by Gasteiger charge is -2.34. The predicted molar refractivity (Wildman–Crippen MR) is 114 cm³/mol. The maximum absolute atomic E-state index is 12.5. The molecule has 1 fully saturated rings. The summed E-state index contributed by atoms with van der Waals surface area (Å²) in [5.74, 6) is 0.310. The van der Waals surface area contributed by atoms with Gasteiger partial charge < -0.3 is 15.5 Å². The summed E-state index contributed by atoms with van der Waals surface area (Å²) in [5, 5.41) is 5.81. The molecular formula is C22H29N5O2. The van der Waals surface area contributed by atoms with Crippen LogP contribution in [0.4, 0.5) is 10.5 Å². The molecular weight excluding hydrogens is 366 g/mol. The van der Waals surface area contributed by atoms with Crippen molar-refractivity contribution in [1.82, 2.24) is 20.1 Å². The van der Waals surface area contributed by atoms with Crippen molar-refractivity contribution in [2.45, 2.75) is 20.4 Å². The second kappa shape index (κ2) is 10.0. The lowest BCUT2D eigenvalue weighted by Crippen LogP contribution is -2.49. The zero-order chi connectivity index (χ0) is 20.6. The maximum Gasteiger partial charge on any atom is 0.321 e. The van der Waals surface area contributed by atoms with Gasteiger partial charge >= 0.3 is 6.03 Å². The van der Waals surface area contributed by atoms with E-state index in [1.807, 2.05) is 17.0 Å². The van der Waals surface area contributed by atoms with Crippen molar-refractivity contribution in [3.05, 3.63) is 59.9 Å². The summed E-state index contributed by atoms with van der Waals surface area (Å²) in [7, 11) is 0. The molecule has 1 saturated heterocycles. The average Bonchev–Trinajstić information content (AvgIpc) is 2.74. The number of carbonyl (C=O) groups excluding carboxylic acids is 2. The molecule has 7 heteroatoms. The number of urea groups is 1. The Balaban J connectivity index is 1.45. The highest BCUT2D eigenvalue weighted by atomic mass is 16.2. The quantitative estimate of drug-likeness (QED) is 0.788. The van der Waals surface area contributed by atoms with E-state index in [1.54, 1.807) is 36.7 Å². The Morgan fingerprint density at radius 3 is 2.28 bits per heavy atom. The molecule has 7 nitrogen and oxygen atoms in total. The monoisotopic (exact) mass is 395 g/mol. The number of nitrogens with one attached hydrogen (secondary N) is 2. The van der Waals surface area contributed by atoms with Gasteiger partial charge in [0.2, 0.25) is 0 Å². The van der Waals surface area contributed by atoms with E-state index in [0.717, 1.165) is 19.6 Å². The van der Waals surface area contributed by atoms with E-state index >= 15 is 0 Å². The summed E-state index contributed by atoms with van der Waals surface area (Å²) in [6, 6.07) is 10.9. The zero-order valence-electron chi connectivity index (χ0n) is 17.1. The van der Waals surface area contributed by atoms with Gasteiger partial charge in [0, 0.05) is 62.9 Å². The number of carbonyl (C=O) groups is 2. The summed E-state index contributed by atoms with van der Waals surface area (Å²) in [6.45, 7) is 8.67. The van der Waals surface area contributed by atoms with E-state index < -0.39 is 0 Å². The van der Waals surface area contributed by atoms with E-state index in [4.69, 9.17) is 0 Å². The first-order chi connectivity index (χ1) is 14.0. The fourth-order valence-electron chi connectivity index (χ4n) is 3.16. The molecule has 2 aromatic rings. The van der Waals surface area contributed by atoms with Crippen LogP contribution in [0.1, 0.15) is 29.8 Å². The number of rotatable bonds is 6. The first kappa shape index (κ1) is 20.8. The van der Waals surface area contributed by atoms with E-state index in [2.05, 4.69) is 34.4 Å². The topological polar surface area (TPSA) is 77.6 Å². The van der Waals surface area contributed by atoms with Crippen LogP contribution in [0.5, 0.6) is 0 Å². The fraction of sp³-hybridized carbons (Fsp3) is 0.409. The van der Waals surface area contributed by atoms with Crippen LogP contribution in [-0.2, 0) is 6.54 Å². The van der Waals surface area contributed by atoms with E-state index in [0.29, 0.717) is 36.8 Å². The number of amides is 3. The van der Waals surface area contributed by atoms with Crippen LogP contribution >= 0.6 is 0 Å². The SMILES string of the molecule is CC(C)CNC(=O)c1ccc(NC(=O)N2CCN(Cc3ccncc3)CC2)cc1. The first-order valence-corrected chi connectivity index (χ1v) is 10.1. The molecule has 0 unspecified atom stereocenters. The van der Waals surface area contributed by atoms with Crippen LogP contribution in [0.25, 0.3) is 0 Å². The highest BCUT2D eigenvalue weighted by Gasteiger charge is 2.21. The minimum absolute atomic E-state index is 0.0955. The average molecular weight is 396 g/mol. The number of hydrogen-bond donors (Lipinski definition) is 2. The molecule has 0 saturated carbocycles. The molecule has 0 atom stereocenters. The molecule has 154 valence electrons. The molecule has 0 spiro atoms. The molecule has 1 aliphatic heterocycles. The van der Waals surface area contributed by atoms with Crippen molar-refractivity contribution < 1.29 is 9.59 Å². The summed E-state index contributed by atoms with van der Waals surface area (Å²) < 4.78 is 0. The standard InChI is InChI=1S/C22H29N5O2/c1-17(2)15-24-21(28)19-3-5-20(6-4-19)25-22(29)27-13-11-26(12-14-27)16-18-7-9-23-10-8-18/h3-10,17H,11-16H2,1-2H3,(H,24,28)(H,25,29). The van der Waals surface area contributed by atoms with Crippen molar-refractivity contribution in [2.24, 2.45) is 5.92 Å². The van der Waals surface area contributed by atoms with E-state index in [-0.39, 0.29) is 11.9 Å². The number of aromatic nitrogens is 1. The van der Waals surface area contributed by atoms with Crippen LogP contribution in [0.2, 0.25) is 0 Å². The van der Waals surface area contributed by atoms with Crippen LogP contribution in [0.15, 0.2) is 48.8 Å². The molecule has 1 aromatic heterocycles. The van der Waals surface area contributed by atoms with Gasteiger partial charge in [-0.25, -0.2) is 4.79 Å². The molecule has 0 bridgehead atoms. The summed E-state index contributed by atoms with van der Waals surface area (Å²) in [5.41, 5.74) is 2.51. The first-order valence-electron chi connectivity index (χ1n) is 10.1. The predicted octanol–water partition coefficient (Wildman–Crippen LogP) is 2.82. The van der Waals surface area contributed by atoms with E-state index in [1.165, 1.54) is 5.56 Å². The number of benzene rings is 1. The van der Waals surface area contributed by atoms with Gasteiger partial charge in [0.15, 0.2) is 0 Å². The zero-order valence-corrected chi connectivity index (χ0v) is 17.1. The molecule has 2 N–H and O–H groups in total. The van der Waals surface area contributed by atoms with Crippen LogP contribution in [0, 0.1) is 5.92 Å². The molecule has 3 amide bonds. The Hall–Kier alpha value is -2.93. The summed E-state index contributed by atoms with van der Waals surface area (Å²) >= 11 is 0. The summed E-state index contributed by atoms with van der Waals surface area (Å²) in [4.78, 5) is 32.8. The normalized spacial score (nSPS) is 14.7.